The predicted octanol–water partition coefficient (Wildman–Crippen LogP) is 2.52. The van der Waals surface area contributed by atoms with Gasteiger partial charge in [-0.3, -0.25) is 0 Å². The van der Waals surface area contributed by atoms with Crippen LogP contribution in [-0.4, -0.2) is 31.0 Å². The molecule has 0 bridgehead atoms. The average molecular weight is 347 g/mol. The van der Waals surface area contributed by atoms with Crippen molar-refractivity contribution in [1.82, 2.24) is 4.72 Å². The van der Waals surface area contributed by atoms with Crippen LogP contribution in [0.5, 0.6) is 0 Å². The third kappa shape index (κ3) is 4.67. The van der Waals surface area contributed by atoms with Gasteiger partial charge in [0.1, 0.15) is 4.99 Å². The van der Waals surface area contributed by atoms with Gasteiger partial charge >= 0.3 is 0 Å². The molecule has 0 amide bonds. The van der Waals surface area contributed by atoms with Gasteiger partial charge in [0.05, 0.1) is 4.90 Å². The van der Waals surface area contributed by atoms with Crippen molar-refractivity contribution < 1.29 is 8.42 Å². The first kappa shape index (κ1) is 18.4. The van der Waals surface area contributed by atoms with Gasteiger partial charge < -0.3 is 5.73 Å². The molecule has 0 aliphatic carbocycles. The Morgan fingerprint density at radius 1 is 1.38 bits per heavy atom. The van der Waals surface area contributed by atoms with Crippen molar-refractivity contribution >= 4 is 39.0 Å². The number of hydrogen-bond acceptors (Lipinski definition) is 4. The number of hydrogen-bond donors (Lipinski definition) is 2. The number of rotatable bonds is 8. The van der Waals surface area contributed by atoms with Crippen LogP contribution in [0.25, 0.3) is 0 Å². The van der Waals surface area contributed by atoms with Gasteiger partial charge in [-0.2, -0.15) is 11.8 Å². The molecule has 0 radical (unpaired) electrons. The van der Waals surface area contributed by atoms with Crippen LogP contribution in [0.1, 0.15) is 32.3 Å². The molecule has 4 nitrogen and oxygen atoms in total. The van der Waals surface area contributed by atoms with E-state index in [1.807, 2.05) is 6.26 Å². The quantitative estimate of drug-likeness (QED) is 0.708. The molecule has 7 heteroatoms. The second-order valence-corrected chi connectivity index (χ2v) is 8.29. The van der Waals surface area contributed by atoms with Crippen molar-refractivity contribution in [2.24, 2.45) is 5.73 Å². The van der Waals surface area contributed by atoms with Gasteiger partial charge in [0.15, 0.2) is 0 Å². The van der Waals surface area contributed by atoms with Gasteiger partial charge in [-0.05, 0) is 31.2 Å². The second kappa shape index (κ2) is 7.58. The zero-order valence-corrected chi connectivity index (χ0v) is 15.0. The fourth-order valence-corrected chi connectivity index (χ4v) is 4.17. The van der Waals surface area contributed by atoms with Crippen LogP contribution in [0.2, 0.25) is 0 Å². The minimum Gasteiger partial charge on any atom is -0.389 e. The molecule has 0 unspecified atom stereocenters. The molecule has 0 fully saturated rings. The van der Waals surface area contributed by atoms with Crippen LogP contribution in [-0.2, 0) is 10.0 Å². The van der Waals surface area contributed by atoms with E-state index >= 15 is 0 Å². The molecule has 0 heterocycles. The summed E-state index contributed by atoms with van der Waals surface area (Å²) in [6, 6.07) is 6.39. The maximum absolute atomic E-state index is 12.4. The summed E-state index contributed by atoms with van der Waals surface area (Å²) < 4.78 is 27.4. The lowest BCUT2D eigenvalue weighted by molar-refractivity contribution is 0.522. The van der Waals surface area contributed by atoms with E-state index in [9.17, 15) is 8.42 Å². The van der Waals surface area contributed by atoms with E-state index in [2.05, 4.69) is 18.6 Å². The number of nitrogens with one attached hydrogen (secondary N) is 1. The van der Waals surface area contributed by atoms with E-state index in [-0.39, 0.29) is 14.6 Å². The molecule has 0 aliphatic rings. The van der Waals surface area contributed by atoms with Crippen molar-refractivity contribution in [2.45, 2.75) is 36.3 Å². The molecular weight excluding hydrogens is 324 g/mol. The van der Waals surface area contributed by atoms with Crippen molar-refractivity contribution in [3.05, 3.63) is 29.8 Å². The Kier molecular flexibility index (Phi) is 6.65. The molecule has 118 valence electrons. The molecule has 3 N–H and O–H groups in total. The Hall–Kier alpha value is -0.630. The van der Waals surface area contributed by atoms with Gasteiger partial charge in [0, 0.05) is 16.9 Å². The van der Waals surface area contributed by atoms with Gasteiger partial charge in [-0.15, -0.1) is 0 Å². The molecule has 0 saturated heterocycles. The lowest BCUT2D eigenvalue weighted by Crippen LogP contribution is -2.39. The molecule has 1 aromatic carbocycles. The summed E-state index contributed by atoms with van der Waals surface area (Å²) in [6.07, 6.45) is 3.81. The first-order chi connectivity index (χ1) is 9.80. The third-order valence-corrected chi connectivity index (χ3v) is 6.96. The summed E-state index contributed by atoms with van der Waals surface area (Å²) in [5.74, 6) is 0. The molecule has 0 atom stereocenters. The molecule has 1 aromatic rings. The summed E-state index contributed by atoms with van der Waals surface area (Å²) in [6.45, 7) is 4.55. The first-order valence-electron chi connectivity index (χ1n) is 6.75. The van der Waals surface area contributed by atoms with Crippen molar-refractivity contribution in [2.75, 3.05) is 12.8 Å². The maximum Gasteiger partial charge on any atom is 0.240 e. The van der Waals surface area contributed by atoms with Crippen LogP contribution >= 0.6 is 24.0 Å². The zero-order valence-electron chi connectivity index (χ0n) is 12.5. The highest BCUT2D eigenvalue weighted by Crippen LogP contribution is 2.30. The second-order valence-electron chi connectivity index (χ2n) is 4.81. The van der Waals surface area contributed by atoms with Crippen LogP contribution < -0.4 is 10.5 Å². The molecule has 0 saturated carbocycles. The van der Waals surface area contributed by atoms with Crippen LogP contribution in [0.15, 0.2) is 29.2 Å². The van der Waals surface area contributed by atoms with E-state index < -0.39 is 10.0 Å². The van der Waals surface area contributed by atoms with Crippen molar-refractivity contribution in [3.8, 4) is 0 Å². The average Bonchev–Trinajstić information content (AvgIpc) is 2.49. The zero-order chi connectivity index (χ0) is 16.1. The van der Waals surface area contributed by atoms with Gasteiger partial charge in [-0.25, -0.2) is 13.1 Å². The molecule has 0 aliphatic heterocycles. The number of thiocarbonyl (C=S) groups is 1. The fraction of sp³-hybridized carbons (Fsp3) is 0.500. The van der Waals surface area contributed by atoms with Crippen molar-refractivity contribution in [1.29, 1.82) is 0 Å². The number of benzene rings is 1. The third-order valence-electron chi connectivity index (χ3n) is 3.73. The highest BCUT2D eigenvalue weighted by atomic mass is 32.2. The van der Waals surface area contributed by atoms with Gasteiger partial charge in [0.25, 0.3) is 0 Å². The van der Waals surface area contributed by atoms with Crippen molar-refractivity contribution in [3.63, 3.8) is 0 Å². The van der Waals surface area contributed by atoms with Crippen LogP contribution in [0.4, 0.5) is 0 Å². The summed E-state index contributed by atoms with van der Waals surface area (Å²) in [5.41, 5.74) is 6.10. The normalized spacial score (nSPS) is 12.3. The first-order valence-corrected chi connectivity index (χ1v) is 9.86. The minimum atomic E-state index is -3.56. The fourth-order valence-electron chi connectivity index (χ4n) is 1.99. The van der Waals surface area contributed by atoms with E-state index in [0.717, 1.165) is 12.8 Å². The molecule has 0 aromatic heterocycles. The lowest BCUT2D eigenvalue weighted by Gasteiger charge is -2.29. The van der Waals surface area contributed by atoms with Crippen LogP contribution in [0.3, 0.4) is 0 Å². The Bertz CT molecular complexity index is 588. The largest absolute Gasteiger partial charge is 0.389 e. The molecule has 1 rings (SSSR count). The maximum atomic E-state index is 12.4. The highest BCUT2D eigenvalue weighted by Gasteiger charge is 2.27. The molecular formula is C14H22N2O2S3. The minimum absolute atomic E-state index is 0.0755. The SMILES string of the molecule is CCC(CC)(CNS(=O)(=O)c1cccc(C(N)=S)c1)SC. The molecule has 0 spiro atoms. The monoisotopic (exact) mass is 346 g/mol. The number of sulfonamides is 1. The topological polar surface area (TPSA) is 72.2 Å². The Labute approximate surface area is 136 Å². The number of thioether (sulfide) groups is 1. The smallest absolute Gasteiger partial charge is 0.240 e. The van der Waals surface area contributed by atoms with Gasteiger partial charge in [0.2, 0.25) is 10.0 Å². The summed E-state index contributed by atoms with van der Waals surface area (Å²) >= 11 is 6.58. The van der Waals surface area contributed by atoms with E-state index in [1.165, 1.54) is 6.07 Å². The Balaban J connectivity index is 2.97. The Morgan fingerprint density at radius 3 is 2.48 bits per heavy atom. The summed E-state index contributed by atoms with van der Waals surface area (Å²) in [4.78, 5) is 0.377. The number of nitrogens with two attached hydrogens (primary N) is 1. The van der Waals surface area contributed by atoms with E-state index in [4.69, 9.17) is 18.0 Å². The van der Waals surface area contributed by atoms with E-state index in [1.54, 1.807) is 30.0 Å². The van der Waals surface area contributed by atoms with Crippen LogP contribution in [0, 0.1) is 0 Å². The molecule has 21 heavy (non-hydrogen) atoms. The predicted molar refractivity (Wildman–Crippen MR) is 94.3 cm³/mol. The van der Waals surface area contributed by atoms with Gasteiger partial charge in [-0.1, -0.05) is 38.2 Å². The lowest BCUT2D eigenvalue weighted by atomic mass is 10.0. The van der Waals surface area contributed by atoms with E-state index in [0.29, 0.717) is 12.1 Å². The summed E-state index contributed by atoms with van der Waals surface area (Å²) in [7, 11) is -3.56. The highest BCUT2D eigenvalue weighted by molar-refractivity contribution is 8.00. The summed E-state index contributed by atoms with van der Waals surface area (Å²) in [5, 5.41) is 0. The Morgan fingerprint density at radius 2 is 2.00 bits per heavy atom. The standard InChI is InChI=1S/C14H22N2O2S3/c1-4-14(5-2,20-3)10-16-21(17,18)12-8-6-7-11(9-12)13(15)19/h6-9,16H,4-5,10H2,1-3H3,(H2,15,19).